The predicted octanol–water partition coefficient (Wildman–Crippen LogP) is 3.15. The van der Waals surface area contributed by atoms with Crippen LogP contribution in [0.5, 0.6) is 0 Å². The molecule has 8 fully saturated rings. The lowest BCUT2D eigenvalue weighted by Crippen LogP contribution is -2.41. The maximum absolute atomic E-state index is 12.2. The van der Waals surface area contributed by atoms with Crippen molar-refractivity contribution in [2.45, 2.75) is 97.3 Å². The van der Waals surface area contributed by atoms with E-state index in [9.17, 15) is 76.7 Å². The highest BCUT2D eigenvalue weighted by Crippen LogP contribution is 2.55. The van der Waals surface area contributed by atoms with Gasteiger partial charge in [-0.15, -0.1) is 0 Å². The molecular formula is C57H50O24. The van der Waals surface area contributed by atoms with Crippen molar-refractivity contribution in [1.29, 1.82) is 0 Å². The van der Waals surface area contributed by atoms with Crippen LogP contribution in [0.15, 0.2) is 71.9 Å². The number of fused-ring (bicyclic) bond motifs is 4. The molecule has 1 aromatic carbocycles. The number of carbonyl (C=O) groups excluding carboxylic acids is 16. The lowest BCUT2D eigenvalue weighted by Gasteiger charge is -2.39. The largest absolute Gasteiger partial charge is 0.393 e. The average molecular weight is 1120 g/mol. The maximum Gasteiger partial charge on any atom is 0.321 e. The normalized spacial score (nSPS) is 31.3. The van der Waals surface area contributed by atoms with Gasteiger partial charge >= 0.3 is 95.5 Å². The van der Waals surface area contributed by atoms with Crippen molar-refractivity contribution in [3.05, 3.63) is 77.4 Å². The summed E-state index contributed by atoms with van der Waals surface area (Å²) in [6.07, 6.45) is 10.7. The SMILES string of the molecule is CC1=CC2(CC(=O)OC(=O)C2)CC2C(=O)OC(=O)C12.CCC1=CC2(CC(=O)OC(=O)C2)CC2C(=O)OC(=O)C12.O=C1CC2(C=C(c3ccccc3)C3C(=O)OC(=O)C3C2)CC(=O)O1.O=C1CC2(C=CC3C(=O)OC(=O)C3C2)CC(=O)O1. The summed E-state index contributed by atoms with van der Waals surface area (Å²) in [6.45, 7) is 3.60. The first kappa shape index (κ1) is 55.6. The van der Waals surface area contributed by atoms with Gasteiger partial charge in [-0.1, -0.05) is 78.8 Å². The lowest BCUT2D eigenvalue weighted by atomic mass is 9.63. The van der Waals surface area contributed by atoms with E-state index in [0.717, 1.165) is 11.1 Å². The molecule has 0 radical (unpaired) electrons. The Morgan fingerprint density at radius 1 is 0.383 bits per heavy atom. The Hall–Kier alpha value is -8.70. The Labute approximate surface area is 458 Å². The van der Waals surface area contributed by atoms with E-state index in [4.69, 9.17) is 9.47 Å². The van der Waals surface area contributed by atoms with Crippen molar-refractivity contribution in [3.8, 4) is 0 Å². The molecule has 8 aliphatic heterocycles. The van der Waals surface area contributed by atoms with Crippen LogP contribution in [0.4, 0.5) is 0 Å². The molecule has 0 amide bonds. The van der Waals surface area contributed by atoms with E-state index in [1.54, 1.807) is 25.2 Å². The van der Waals surface area contributed by atoms with Crippen molar-refractivity contribution >= 4 is 101 Å². The average Bonchev–Trinajstić information content (AvgIpc) is 4.29. The minimum absolute atomic E-state index is 0.0137. The van der Waals surface area contributed by atoms with E-state index < -0.39 is 165 Å². The van der Waals surface area contributed by atoms with Crippen molar-refractivity contribution in [1.82, 2.24) is 0 Å². The van der Waals surface area contributed by atoms with Crippen molar-refractivity contribution in [3.63, 3.8) is 0 Å². The summed E-state index contributed by atoms with van der Waals surface area (Å²) in [4.78, 5) is 186. The van der Waals surface area contributed by atoms with Crippen LogP contribution in [-0.4, -0.2) is 95.5 Å². The molecule has 8 unspecified atom stereocenters. The van der Waals surface area contributed by atoms with Gasteiger partial charge in [0.2, 0.25) is 0 Å². The first-order valence-electron chi connectivity index (χ1n) is 26.2. The predicted molar refractivity (Wildman–Crippen MR) is 258 cm³/mol. The van der Waals surface area contributed by atoms with Gasteiger partial charge in [0.15, 0.2) is 0 Å². The number of hydrogen-bond donors (Lipinski definition) is 0. The van der Waals surface area contributed by atoms with Crippen LogP contribution in [0.25, 0.3) is 5.57 Å². The van der Waals surface area contributed by atoms with Crippen molar-refractivity contribution < 1.29 is 115 Å². The molecule has 13 rings (SSSR count). The first-order chi connectivity index (χ1) is 38.3. The third-order valence-corrected chi connectivity index (χ3v) is 17.0. The quantitative estimate of drug-likeness (QED) is 0.178. The molecule has 8 saturated heterocycles. The molecule has 8 atom stereocenters. The molecule has 12 aliphatic rings. The molecule has 4 spiro atoms. The monoisotopic (exact) mass is 1120 g/mol. The number of ether oxygens (including phenoxy) is 8. The third-order valence-electron chi connectivity index (χ3n) is 17.0. The van der Waals surface area contributed by atoms with Gasteiger partial charge in [0, 0.05) is 21.7 Å². The Morgan fingerprint density at radius 3 is 1.21 bits per heavy atom. The summed E-state index contributed by atoms with van der Waals surface area (Å²) in [5.74, 6) is -14.0. The lowest BCUT2D eigenvalue weighted by molar-refractivity contribution is -0.170. The van der Waals surface area contributed by atoms with Gasteiger partial charge in [-0.3, -0.25) is 76.7 Å². The van der Waals surface area contributed by atoms with Crippen LogP contribution in [0, 0.1) is 69.0 Å². The van der Waals surface area contributed by atoms with Gasteiger partial charge < -0.3 is 37.9 Å². The third kappa shape index (κ3) is 10.8. The molecule has 24 heteroatoms. The highest BCUT2D eigenvalue weighted by Gasteiger charge is 2.59. The highest BCUT2D eigenvalue weighted by molar-refractivity contribution is 6.05. The summed E-state index contributed by atoms with van der Waals surface area (Å²) in [5.41, 5.74) is -0.0206. The zero-order valence-corrected chi connectivity index (χ0v) is 43.4. The van der Waals surface area contributed by atoms with Gasteiger partial charge in [0.25, 0.3) is 0 Å². The van der Waals surface area contributed by atoms with E-state index >= 15 is 0 Å². The Balaban J connectivity index is 0.000000122. The Kier molecular flexibility index (Phi) is 14.2. The number of carbonyl (C=O) groups is 16. The standard InChI is InChI=1S/C18H14O6.C14H14O6.C13H12O6.C12H10O6/c19-13-8-18(9-14(20)23-13)6-11(10-4-2-1-3-5-10)15-12(7-18)16(21)24-17(15)22;1-2-7-3-14(5-9(15)19-10(16)6-14)4-8-11(7)13(18)20-12(8)17;1-6-2-13(4-8(14)18-9(15)5-13)3-7-10(6)12(17)19-11(7)16;13-8-4-12(5-9(14)17-8)2-1-6-7(3-12)11(16)18-10(6)15/h1-6,12,15H,7-9H2;3,8,11H,2,4-6H2,1H3;2,7,10H,3-5H2,1H3;1-2,6-7H,3-5H2. The smallest absolute Gasteiger partial charge is 0.321 e. The fourth-order valence-corrected chi connectivity index (χ4v) is 13.8. The second-order valence-corrected chi connectivity index (χ2v) is 22.7. The zero-order chi connectivity index (χ0) is 58.1. The maximum atomic E-state index is 12.2. The molecule has 81 heavy (non-hydrogen) atoms. The number of benzene rings is 1. The molecule has 0 N–H and O–H groups in total. The molecule has 24 nitrogen and oxygen atoms in total. The molecule has 0 aromatic heterocycles. The zero-order valence-electron chi connectivity index (χ0n) is 43.4. The van der Waals surface area contributed by atoms with Crippen molar-refractivity contribution in [2.75, 3.05) is 0 Å². The van der Waals surface area contributed by atoms with Gasteiger partial charge in [-0.2, -0.15) is 0 Å². The number of allylic oxidation sites excluding steroid dienone is 4. The number of hydrogen-bond acceptors (Lipinski definition) is 24. The minimum atomic E-state index is -0.803. The number of rotatable bonds is 2. The Bertz CT molecular complexity index is 3170. The van der Waals surface area contributed by atoms with Crippen LogP contribution in [0.1, 0.15) is 103 Å². The highest BCUT2D eigenvalue weighted by atomic mass is 16.6. The molecular weight excluding hydrogens is 1070 g/mol. The van der Waals surface area contributed by atoms with E-state index in [2.05, 4.69) is 28.4 Å². The van der Waals surface area contributed by atoms with E-state index in [1.807, 2.05) is 49.4 Å². The molecule has 0 saturated carbocycles. The fraction of sp³-hybridized carbons (Fsp3) is 0.474. The van der Waals surface area contributed by atoms with Crippen LogP contribution >= 0.6 is 0 Å². The van der Waals surface area contributed by atoms with Gasteiger partial charge in [-0.05, 0) is 50.2 Å². The van der Waals surface area contributed by atoms with E-state index in [0.29, 0.717) is 17.6 Å². The summed E-state index contributed by atoms with van der Waals surface area (Å²) in [5, 5.41) is 0. The number of cyclic esters (lactones) is 16. The van der Waals surface area contributed by atoms with E-state index in [-0.39, 0.29) is 77.0 Å². The summed E-state index contributed by atoms with van der Waals surface area (Å²) in [6, 6.07) is 9.17. The summed E-state index contributed by atoms with van der Waals surface area (Å²) in [7, 11) is 0. The molecule has 8 heterocycles. The minimum Gasteiger partial charge on any atom is -0.393 e. The molecule has 1 aromatic rings. The van der Waals surface area contributed by atoms with Crippen LogP contribution in [0.3, 0.4) is 0 Å². The van der Waals surface area contributed by atoms with Crippen molar-refractivity contribution in [2.24, 2.45) is 69.0 Å². The van der Waals surface area contributed by atoms with Gasteiger partial charge in [0.1, 0.15) is 0 Å². The summed E-state index contributed by atoms with van der Waals surface area (Å²) < 4.78 is 36.9. The second kappa shape index (κ2) is 20.8. The van der Waals surface area contributed by atoms with Crippen LogP contribution in [0.2, 0.25) is 0 Å². The van der Waals surface area contributed by atoms with Gasteiger partial charge in [-0.25, -0.2) is 0 Å². The van der Waals surface area contributed by atoms with Gasteiger partial charge in [0.05, 0.1) is 98.7 Å². The van der Waals surface area contributed by atoms with E-state index in [1.165, 1.54) is 0 Å². The number of esters is 16. The topological polar surface area (TPSA) is 347 Å². The first-order valence-corrected chi connectivity index (χ1v) is 26.2. The molecule has 0 bridgehead atoms. The fourth-order valence-electron chi connectivity index (χ4n) is 13.8. The van der Waals surface area contributed by atoms with Crippen LogP contribution in [-0.2, 0) is 115 Å². The summed E-state index contributed by atoms with van der Waals surface area (Å²) >= 11 is 0. The second-order valence-electron chi connectivity index (χ2n) is 22.7. The van der Waals surface area contributed by atoms with Crippen LogP contribution < -0.4 is 0 Å². The Morgan fingerprint density at radius 2 is 0.741 bits per heavy atom. The molecule has 422 valence electrons. The molecule has 4 aliphatic carbocycles.